The van der Waals surface area contributed by atoms with E-state index in [4.69, 9.17) is 21.7 Å². The van der Waals surface area contributed by atoms with Gasteiger partial charge in [-0.05, 0) is 74.7 Å². The minimum absolute atomic E-state index is 0.228. The van der Waals surface area contributed by atoms with Gasteiger partial charge in [-0.25, -0.2) is 13.2 Å². The van der Waals surface area contributed by atoms with E-state index in [-0.39, 0.29) is 10.9 Å². The first kappa shape index (κ1) is 26.0. The molecule has 35 heavy (non-hydrogen) atoms. The number of carbonyl (C=O) groups excluding carboxylic acids is 1. The van der Waals surface area contributed by atoms with E-state index in [9.17, 15) is 13.2 Å². The molecule has 1 fully saturated rings. The Labute approximate surface area is 216 Å². The Morgan fingerprint density at radius 2 is 1.77 bits per heavy atom. The maximum atomic E-state index is 12.8. The van der Waals surface area contributed by atoms with Gasteiger partial charge in [0, 0.05) is 23.7 Å². The average Bonchev–Trinajstić information content (AvgIpc) is 3.15. The third-order valence-electron chi connectivity index (χ3n) is 6.10. The summed E-state index contributed by atoms with van der Waals surface area (Å²) in [6.45, 7) is 3.62. The van der Waals surface area contributed by atoms with E-state index >= 15 is 0 Å². The molecule has 8 nitrogen and oxygen atoms in total. The highest BCUT2D eigenvalue weighted by Gasteiger charge is 2.27. The van der Waals surface area contributed by atoms with Crippen LogP contribution >= 0.6 is 23.6 Å². The van der Waals surface area contributed by atoms with Crippen molar-refractivity contribution in [1.82, 2.24) is 4.31 Å². The summed E-state index contributed by atoms with van der Waals surface area (Å²) in [4.78, 5) is 14.3. The number of benzene rings is 1. The molecule has 0 spiro atoms. The number of hydrogen-bond acceptors (Lipinski definition) is 7. The van der Waals surface area contributed by atoms with Crippen molar-refractivity contribution in [2.24, 2.45) is 0 Å². The molecule has 4 rings (SSSR count). The molecule has 1 aliphatic heterocycles. The number of anilines is 2. The molecule has 1 aromatic heterocycles. The summed E-state index contributed by atoms with van der Waals surface area (Å²) < 4.78 is 37.7. The monoisotopic (exact) mass is 537 g/mol. The molecular formula is C24H31N3O5S3. The molecule has 2 aliphatic rings. The van der Waals surface area contributed by atoms with Crippen molar-refractivity contribution in [3.63, 3.8) is 0 Å². The fraction of sp³-hybridized carbons (Fsp3) is 0.500. The van der Waals surface area contributed by atoms with Gasteiger partial charge in [-0.2, -0.15) is 4.31 Å². The summed E-state index contributed by atoms with van der Waals surface area (Å²) >= 11 is 7.09. The molecule has 190 valence electrons. The van der Waals surface area contributed by atoms with Crippen LogP contribution in [0.2, 0.25) is 0 Å². The number of nitrogens with one attached hydrogen (secondary N) is 2. The van der Waals surface area contributed by atoms with Crippen LogP contribution < -0.4 is 10.6 Å². The van der Waals surface area contributed by atoms with Gasteiger partial charge in [0.2, 0.25) is 10.0 Å². The van der Waals surface area contributed by atoms with Crippen LogP contribution in [-0.4, -0.2) is 56.7 Å². The smallest absolute Gasteiger partial charge is 0.341 e. The molecule has 11 heteroatoms. The number of rotatable bonds is 6. The van der Waals surface area contributed by atoms with Crippen LogP contribution in [-0.2, 0) is 32.3 Å². The van der Waals surface area contributed by atoms with E-state index in [1.54, 1.807) is 42.5 Å². The van der Waals surface area contributed by atoms with E-state index < -0.39 is 10.0 Å². The molecule has 0 atom stereocenters. The highest BCUT2D eigenvalue weighted by atomic mass is 32.2. The molecule has 0 unspecified atom stereocenters. The summed E-state index contributed by atoms with van der Waals surface area (Å²) in [5.74, 6) is -0.325. The SMILES string of the molecule is CCOC(=O)c1c(NC(=S)Nc2ccc(S(=O)(=O)N3CCOCC3)cc2)sc2c1CCCCCC2. The fourth-order valence-electron chi connectivity index (χ4n) is 4.34. The topological polar surface area (TPSA) is 97.0 Å². The minimum Gasteiger partial charge on any atom is -0.462 e. The summed E-state index contributed by atoms with van der Waals surface area (Å²) in [6.07, 6.45) is 6.34. The molecule has 1 saturated heterocycles. The van der Waals surface area contributed by atoms with Gasteiger partial charge < -0.3 is 20.1 Å². The van der Waals surface area contributed by atoms with Crippen LogP contribution in [0.15, 0.2) is 29.2 Å². The van der Waals surface area contributed by atoms with Gasteiger partial charge >= 0.3 is 5.97 Å². The molecule has 0 bridgehead atoms. The van der Waals surface area contributed by atoms with Gasteiger partial charge in [0.25, 0.3) is 0 Å². The lowest BCUT2D eigenvalue weighted by Crippen LogP contribution is -2.40. The molecule has 0 radical (unpaired) electrons. The Morgan fingerprint density at radius 1 is 1.09 bits per heavy atom. The lowest BCUT2D eigenvalue weighted by Gasteiger charge is -2.26. The van der Waals surface area contributed by atoms with Crippen LogP contribution in [0.25, 0.3) is 0 Å². The van der Waals surface area contributed by atoms with E-state index in [2.05, 4.69) is 10.6 Å². The van der Waals surface area contributed by atoms with Crippen molar-refractivity contribution in [3.8, 4) is 0 Å². The standard InChI is InChI=1S/C24H31N3O5S3/c1-2-32-23(28)21-19-7-5-3-4-6-8-20(19)34-22(21)26-24(33)25-17-9-11-18(12-10-17)35(29,30)27-13-15-31-16-14-27/h9-12H,2-8,13-16H2,1H3,(H2,25,26,33). The number of thiocarbonyl (C=S) groups is 1. The highest BCUT2D eigenvalue weighted by Crippen LogP contribution is 2.37. The van der Waals surface area contributed by atoms with Gasteiger partial charge in [0.05, 0.1) is 30.3 Å². The number of morpholine rings is 1. The molecule has 2 heterocycles. The summed E-state index contributed by atoms with van der Waals surface area (Å²) in [5.41, 5.74) is 2.32. The highest BCUT2D eigenvalue weighted by molar-refractivity contribution is 7.89. The molecule has 1 aromatic carbocycles. The number of fused-ring (bicyclic) bond motifs is 1. The zero-order chi connectivity index (χ0) is 24.8. The van der Waals surface area contributed by atoms with Gasteiger partial charge in [-0.1, -0.05) is 12.8 Å². The Morgan fingerprint density at radius 3 is 2.46 bits per heavy atom. The van der Waals surface area contributed by atoms with E-state index in [0.717, 1.165) is 37.7 Å². The zero-order valence-electron chi connectivity index (χ0n) is 19.8. The number of ether oxygens (including phenoxy) is 2. The lowest BCUT2D eigenvalue weighted by atomic mass is 9.96. The molecule has 2 N–H and O–H groups in total. The Bertz CT molecular complexity index is 1160. The number of thiophene rings is 1. The molecule has 1 aliphatic carbocycles. The summed E-state index contributed by atoms with van der Waals surface area (Å²) in [7, 11) is -3.56. The first-order valence-electron chi connectivity index (χ1n) is 12.0. The minimum atomic E-state index is -3.56. The van der Waals surface area contributed by atoms with Crippen molar-refractivity contribution in [2.75, 3.05) is 43.5 Å². The predicted octanol–water partition coefficient (Wildman–Crippen LogP) is 4.41. The Balaban J connectivity index is 1.48. The second-order valence-corrected chi connectivity index (χ2v) is 11.9. The zero-order valence-corrected chi connectivity index (χ0v) is 22.3. The molecule has 0 saturated carbocycles. The van der Waals surface area contributed by atoms with Crippen molar-refractivity contribution in [3.05, 3.63) is 40.3 Å². The van der Waals surface area contributed by atoms with Crippen molar-refractivity contribution < 1.29 is 22.7 Å². The second kappa shape index (κ2) is 11.8. The van der Waals surface area contributed by atoms with Gasteiger partial charge in [0.1, 0.15) is 5.00 Å². The normalized spacial score (nSPS) is 17.1. The maximum Gasteiger partial charge on any atom is 0.341 e. The predicted molar refractivity (Wildman–Crippen MR) is 142 cm³/mol. The van der Waals surface area contributed by atoms with E-state index in [0.29, 0.717) is 54.3 Å². The number of hydrogen-bond donors (Lipinski definition) is 2. The number of aryl methyl sites for hydroxylation is 1. The van der Waals surface area contributed by atoms with Crippen molar-refractivity contribution in [2.45, 2.75) is 50.3 Å². The molecular weight excluding hydrogens is 506 g/mol. The second-order valence-electron chi connectivity index (χ2n) is 8.46. The van der Waals surface area contributed by atoms with Crippen LogP contribution in [0.4, 0.5) is 10.7 Å². The van der Waals surface area contributed by atoms with Gasteiger partial charge in [0.15, 0.2) is 5.11 Å². The molecule has 2 aromatic rings. The third kappa shape index (κ3) is 6.21. The molecule has 0 amide bonds. The third-order valence-corrected chi connectivity index (χ3v) is 9.42. The maximum absolute atomic E-state index is 12.8. The van der Waals surface area contributed by atoms with Crippen LogP contribution in [0.5, 0.6) is 0 Å². The fourth-order valence-corrected chi connectivity index (χ4v) is 7.31. The summed E-state index contributed by atoms with van der Waals surface area (Å²) in [6, 6.07) is 6.50. The number of nitrogens with zero attached hydrogens (tertiary/aromatic N) is 1. The van der Waals surface area contributed by atoms with E-state index in [1.807, 2.05) is 0 Å². The first-order chi connectivity index (χ1) is 16.9. The Kier molecular flexibility index (Phi) is 8.77. The van der Waals surface area contributed by atoms with Gasteiger partial charge in [-0.15, -0.1) is 11.3 Å². The van der Waals surface area contributed by atoms with Crippen LogP contribution in [0.1, 0.15) is 53.4 Å². The number of esters is 1. The van der Waals surface area contributed by atoms with Crippen LogP contribution in [0, 0.1) is 0 Å². The average molecular weight is 538 g/mol. The van der Waals surface area contributed by atoms with Gasteiger partial charge in [-0.3, -0.25) is 0 Å². The Hall–Kier alpha value is -2.05. The largest absolute Gasteiger partial charge is 0.462 e. The number of sulfonamides is 1. The van der Waals surface area contributed by atoms with Crippen molar-refractivity contribution >= 4 is 55.3 Å². The lowest BCUT2D eigenvalue weighted by molar-refractivity contribution is 0.0526. The van der Waals surface area contributed by atoms with Crippen LogP contribution in [0.3, 0.4) is 0 Å². The summed E-state index contributed by atoms with van der Waals surface area (Å²) in [5, 5.41) is 7.31. The van der Waals surface area contributed by atoms with E-state index in [1.165, 1.54) is 15.6 Å². The first-order valence-corrected chi connectivity index (χ1v) is 14.6. The quantitative estimate of drug-likeness (QED) is 0.413. The number of carbonyl (C=O) groups is 1. The van der Waals surface area contributed by atoms with Crippen molar-refractivity contribution in [1.29, 1.82) is 0 Å².